The summed E-state index contributed by atoms with van der Waals surface area (Å²) in [4.78, 5) is 2.40. The largest absolute Gasteiger partial charge is 0.330 e. The van der Waals surface area contributed by atoms with Crippen LogP contribution in [0.2, 0.25) is 0 Å². The first-order chi connectivity index (χ1) is 7.22. The van der Waals surface area contributed by atoms with Crippen LogP contribution in [0.4, 0.5) is 0 Å². The molecule has 4 nitrogen and oxygen atoms in total. The molecule has 0 amide bonds. The van der Waals surface area contributed by atoms with Crippen LogP contribution in [0.15, 0.2) is 12.4 Å². The molecule has 0 bridgehead atoms. The molecule has 2 N–H and O–H groups in total. The third kappa shape index (κ3) is 2.06. The average Bonchev–Trinajstić information content (AvgIpc) is 2.64. The molecule has 1 saturated heterocycles. The monoisotopic (exact) mass is 208 g/mol. The number of hydrogen-bond acceptors (Lipinski definition) is 3. The van der Waals surface area contributed by atoms with E-state index in [0.29, 0.717) is 12.0 Å². The first kappa shape index (κ1) is 10.6. The van der Waals surface area contributed by atoms with Crippen molar-refractivity contribution in [1.82, 2.24) is 14.7 Å². The van der Waals surface area contributed by atoms with Gasteiger partial charge in [0.15, 0.2) is 0 Å². The first-order valence-corrected chi connectivity index (χ1v) is 5.61. The second-order valence-electron chi connectivity index (χ2n) is 4.51. The Morgan fingerprint density at radius 2 is 2.33 bits per heavy atom. The van der Waals surface area contributed by atoms with Gasteiger partial charge in [-0.1, -0.05) is 0 Å². The highest BCUT2D eigenvalue weighted by Gasteiger charge is 2.30. The lowest BCUT2D eigenvalue weighted by Gasteiger charge is -2.38. The third-order valence-electron chi connectivity index (χ3n) is 3.38. The summed E-state index contributed by atoms with van der Waals surface area (Å²) in [6.45, 7) is 1.93. The third-order valence-corrected chi connectivity index (χ3v) is 3.38. The summed E-state index contributed by atoms with van der Waals surface area (Å²) < 4.78 is 1.87. The van der Waals surface area contributed by atoms with E-state index in [-0.39, 0.29) is 0 Å². The van der Waals surface area contributed by atoms with Gasteiger partial charge in [-0.25, -0.2) is 0 Å². The molecule has 15 heavy (non-hydrogen) atoms. The molecule has 0 aliphatic carbocycles. The van der Waals surface area contributed by atoms with Crippen molar-refractivity contribution in [3.05, 3.63) is 18.0 Å². The van der Waals surface area contributed by atoms with Crippen molar-refractivity contribution in [2.24, 2.45) is 18.7 Å². The summed E-state index contributed by atoms with van der Waals surface area (Å²) in [5, 5.41) is 4.24. The lowest BCUT2D eigenvalue weighted by molar-refractivity contribution is 0.125. The van der Waals surface area contributed by atoms with Crippen molar-refractivity contribution < 1.29 is 0 Å². The maximum absolute atomic E-state index is 5.85. The van der Waals surface area contributed by atoms with Crippen LogP contribution in [-0.2, 0) is 7.05 Å². The van der Waals surface area contributed by atoms with Crippen LogP contribution < -0.4 is 5.73 Å². The molecule has 2 heterocycles. The highest BCUT2D eigenvalue weighted by Crippen LogP contribution is 2.33. The maximum Gasteiger partial charge on any atom is 0.0537 e. The fraction of sp³-hybridized carbons (Fsp3) is 0.727. The number of aromatic nitrogens is 2. The van der Waals surface area contributed by atoms with Crippen molar-refractivity contribution in [1.29, 1.82) is 0 Å². The van der Waals surface area contributed by atoms with Gasteiger partial charge >= 0.3 is 0 Å². The molecule has 4 heteroatoms. The standard InChI is InChI=1S/C11H20N4/c1-14-5-3-4-9(6-12)11(14)10-7-13-15(2)8-10/h7-9,11H,3-6,12H2,1-2H3. The molecular formula is C11H20N4. The van der Waals surface area contributed by atoms with E-state index >= 15 is 0 Å². The van der Waals surface area contributed by atoms with Crippen LogP contribution in [0.5, 0.6) is 0 Å². The minimum Gasteiger partial charge on any atom is -0.330 e. The average molecular weight is 208 g/mol. The molecule has 2 rings (SSSR count). The molecule has 2 unspecified atom stereocenters. The van der Waals surface area contributed by atoms with Gasteiger partial charge in [-0.15, -0.1) is 0 Å². The summed E-state index contributed by atoms with van der Waals surface area (Å²) in [7, 11) is 4.14. The predicted octanol–water partition coefficient (Wildman–Crippen LogP) is 0.762. The molecule has 84 valence electrons. The van der Waals surface area contributed by atoms with Gasteiger partial charge in [0.1, 0.15) is 0 Å². The van der Waals surface area contributed by atoms with Gasteiger partial charge < -0.3 is 5.73 Å². The summed E-state index contributed by atoms with van der Waals surface area (Å²) in [5.41, 5.74) is 7.15. The molecule has 2 atom stereocenters. The number of piperidine rings is 1. The number of nitrogens with zero attached hydrogens (tertiary/aromatic N) is 3. The Kier molecular flexibility index (Phi) is 3.07. The molecule has 0 radical (unpaired) electrons. The smallest absolute Gasteiger partial charge is 0.0537 e. The normalized spacial score (nSPS) is 28.2. The molecule has 0 saturated carbocycles. The highest BCUT2D eigenvalue weighted by atomic mass is 15.2. The molecular weight excluding hydrogens is 188 g/mol. The van der Waals surface area contributed by atoms with Crippen molar-refractivity contribution in [3.63, 3.8) is 0 Å². The van der Waals surface area contributed by atoms with Gasteiger partial charge in [-0.3, -0.25) is 9.58 Å². The first-order valence-electron chi connectivity index (χ1n) is 5.61. The van der Waals surface area contributed by atoms with E-state index in [0.717, 1.165) is 13.1 Å². The fourth-order valence-corrected chi connectivity index (χ4v) is 2.63. The SMILES string of the molecule is CN1CCCC(CN)C1c1cnn(C)c1. The van der Waals surface area contributed by atoms with Crippen LogP contribution >= 0.6 is 0 Å². The zero-order valence-electron chi connectivity index (χ0n) is 9.56. The van der Waals surface area contributed by atoms with Gasteiger partial charge in [0, 0.05) is 24.8 Å². The van der Waals surface area contributed by atoms with Crippen molar-refractivity contribution >= 4 is 0 Å². The van der Waals surface area contributed by atoms with Crippen LogP contribution in [0.1, 0.15) is 24.4 Å². The van der Waals surface area contributed by atoms with Gasteiger partial charge in [0.25, 0.3) is 0 Å². The Hall–Kier alpha value is -0.870. The van der Waals surface area contributed by atoms with E-state index in [9.17, 15) is 0 Å². The van der Waals surface area contributed by atoms with Gasteiger partial charge in [0.05, 0.1) is 6.20 Å². The fourth-order valence-electron chi connectivity index (χ4n) is 2.63. The van der Waals surface area contributed by atoms with E-state index < -0.39 is 0 Å². The van der Waals surface area contributed by atoms with Crippen molar-refractivity contribution in [3.8, 4) is 0 Å². The van der Waals surface area contributed by atoms with E-state index in [1.807, 2.05) is 17.9 Å². The summed E-state index contributed by atoms with van der Waals surface area (Å²) in [6, 6.07) is 0.456. The highest BCUT2D eigenvalue weighted by molar-refractivity contribution is 5.13. The van der Waals surface area contributed by atoms with Crippen LogP contribution in [0.25, 0.3) is 0 Å². The Labute approximate surface area is 91.1 Å². The van der Waals surface area contributed by atoms with Gasteiger partial charge in [0.2, 0.25) is 0 Å². The minimum absolute atomic E-state index is 0.456. The molecule has 1 aliphatic heterocycles. The Morgan fingerprint density at radius 3 is 2.93 bits per heavy atom. The van der Waals surface area contributed by atoms with Gasteiger partial charge in [-0.05, 0) is 38.9 Å². The number of hydrogen-bond donors (Lipinski definition) is 1. The molecule has 0 spiro atoms. The quantitative estimate of drug-likeness (QED) is 0.780. The minimum atomic E-state index is 0.456. The van der Waals surface area contributed by atoms with Gasteiger partial charge in [-0.2, -0.15) is 5.10 Å². The maximum atomic E-state index is 5.85. The number of rotatable bonds is 2. The summed E-state index contributed by atoms with van der Waals surface area (Å²) in [5.74, 6) is 0.577. The van der Waals surface area contributed by atoms with Crippen molar-refractivity contribution in [2.75, 3.05) is 20.1 Å². The summed E-state index contributed by atoms with van der Waals surface area (Å²) in [6.07, 6.45) is 6.57. The second kappa shape index (κ2) is 4.33. The Balaban J connectivity index is 2.22. The van der Waals surface area contributed by atoms with Crippen LogP contribution in [0.3, 0.4) is 0 Å². The van der Waals surface area contributed by atoms with Crippen LogP contribution in [0, 0.1) is 5.92 Å². The number of nitrogens with two attached hydrogens (primary N) is 1. The predicted molar refractivity (Wildman–Crippen MR) is 60.4 cm³/mol. The molecule has 1 aromatic heterocycles. The van der Waals surface area contributed by atoms with Crippen LogP contribution in [-0.4, -0.2) is 34.8 Å². The lowest BCUT2D eigenvalue weighted by Crippen LogP contribution is -2.39. The lowest BCUT2D eigenvalue weighted by atomic mass is 9.86. The van der Waals surface area contributed by atoms with E-state index in [1.165, 1.54) is 18.4 Å². The zero-order valence-corrected chi connectivity index (χ0v) is 9.56. The van der Waals surface area contributed by atoms with Crippen molar-refractivity contribution in [2.45, 2.75) is 18.9 Å². The summed E-state index contributed by atoms with van der Waals surface area (Å²) >= 11 is 0. The molecule has 0 aromatic carbocycles. The zero-order chi connectivity index (χ0) is 10.8. The molecule has 1 aliphatic rings. The van der Waals surface area contributed by atoms with E-state index in [2.05, 4.69) is 23.2 Å². The number of likely N-dealkylation sites (tertiary alicyclic amines) is 1. The second-order valence-corrected chi connectivity index (χ2v) is 4.51. The topological polar surface area (TPSA) is 47.1 Å². The van der Waals surface area contributed by atoms with E-state index in [4.69, 9.17) is 5.73 Å². The number of aryl methyl sites for hydroxylation is 1. The van der Waals surface area contributed by atoms with E-state index in [1.54, 1.807) is 0 Å². The Bertz CT molecular complexity index is 320. The Morgan fingerprint density at radius 1 is 1.53 bits per heavy atom. The molecule has 1 aromatic rings. The molecule has 1 fully saturated rings.